The number of hydrogen-bond donors (Lipinski definition) is 1. The molecule has 2 fully saturated rings. The largest absolute Gasteiger partial charge is 0.450 e. The van der Waals surface area contributed by atoms with Crippen LogP contribution in [0.2, 0.25) is 0 Å². The summed E-state index contributed by atoms with van der Waals surface area (Å²) in [6, 6.07) is 14.3. The summed E-state index contributed by atoms with van der Waals surface area (Å²) >= 11 is 0. The van der Waals surface area contributed by atoms with E-state index in [9.17, 15) is 18.0 Å². The number of fused-ring (bicyclic) bond motifs is 1. The van der Waals surface area contributed by atoms with Crippen LogP contribution in [0.5, 0.6) is 0 Å². The smallest absolute Gasteiger partial charge is 0.318 e. The van der Waals surface area contributed by atoms with Crippen molar-refractivity contribution in [1.82, 2.24) is 9.97 Å². The molecule has 196 valence electrons. The number of aromatic amines is 1. The van der Waals surface area contributed by atoms with Gasteiger partial charge in [-0.1, -0.05) is 51.0 Å². The Morgan fingerprint density at radius 3 is 2.43 bits per heavy atom. The number of cyclic esters (lactones) is 1. The minimum atomic E-state index is -3.97. The number of H-pyrrole nitrogens is 1. The molecule has 1 saturated carbocycles. The van der Waals surface area contributed by atoms with Gasteiger partial charge in [-0.05, 0) is 61.4 Å². The third-order valence-corrected chi connectivity index (χ3v) is 9.28. The van der Waals surface area contributed by atoms with E-state index in [1.165, 1.54) is 11.4 Å². The van der Waals surface area contributed by atoms with E-state index in [4.69, 9.17) is 4.74 Å². The SMILES string of the molecule is CCCC1(CCC)OC(=O)C(C(c2cccc(N(C)S(=O)(=O)c3nc4ccccc4[nH]3)c2)C2CC2)C1=O. The summed E-state index contributed by atoms with van der Waals surface area (Å²) in [7, 11) is -2.48. The number of carbonyl (C=O) groups is 2. The van der Waals surface area contributed by atoms with E-state index >= 15 is 0 Å². The summed E-state index contributed by atoms with van der Waals surface area (Å²) < 4.78 is 33.9. The molecule has 37 heavy (non-hydrogen) atoms. The van der Waals surface area contributed by atoms with E-state index in [0.717, 1.165) is 31.2 Å². The van der Waals surface area contributed by atoms with Crippen molar-refractivity contribution in [1.29, 1.82) is 0 Å². The van der Waals surface area contributed by atoms with Crippen molar-refractivity contribution in [3.63, 3.8) is 0 Å². The zero-order valence-electron chi connectivity index (χ0n) is 21.4. The summed E-state index contributed by atoms with van der Waals surface area (Å²) in [4.78, 5) is 34.1. The first kappa shape index (κ1) is 25.4. The fourth-order valence-corrected chi connectivity index (χ4v) is 6.83. The number of ether oxygens (including phenoxy) is 1. The molecular weight excluding hydrogens is 490 g/mol. The molecule has 2 atom stereocenters. The Labute approximate surface area is 217 Å². The molecular formula is C28H33N3O5S. The van der Waals surface area contributed by atoms with Gasteiger partial charge in [0.2, 0.25) is 5.16 Å². The van der Waals surface area contributed by atoms with Gasteiger partial charge in [0.1, 0.15) is 5.92 Å². The van der Waals surface area contributed by atoms with E-state index in [-0.39, 0.29) is 22.8 Å². The van der Waals surface area contributed by atoms with Crippen molar-refractivity contribution in [3.8, 4) is 0 Å². The number of para-hydroxylation sites is 2. The number of carbonyl (C=O) groups excluding carboxylic acids is 2. The van der Waals surface area contributed by atoms with Gasteiger partial charge >= 0.3 is 5.97 Å². The van der Waals surface area contributed by atoms with Gasteiger partial charge in [0.25, 0.3) is 10.0 Å². The van der Waals surface area contributed by atoms with Crippen molar-refractivity contribution >= 4 is 38.5 Å². The predicted molar refractivity (Wildman–Crippen MR) is 141 cm³/mol. The summed E-state index contributed by atoms with van der Waals surface area (Å²) in [6.07, 6.45) is 4.40. The molecule has 0 bridgehead atoms. The Kier molecular flexibility index (Phi) is 6.60. The van der Waals surface area contributed by atoms with E-state index in [2.05, 4.69) is 9.97 Å². The van der Waals surface area contributed by atoms with Crippen LogP contribution in [0.4, 0.5) is 5.69 Å². The zero-order chi connectivity index (χ0) is 26.4. The average molecular weight is 524 g/mol. The highest BCUT2D eigenvalue weighted by Crippen LogP contribution is 2.52. The van der Waals surface area contributed by atoms with Crippen LogP contribution in [0.15, 0.2) is 53.7 Å². The Morgan fingerprint density at radius 1 is 1.08 bits per heavy atom. The van der Waals surface area contributed by atoms with Crippen LogP contribution in [-0.2, 0) is 24.3 Å². The lowest BCUT2D eigenvalue weighted by molar-refractivity contribution is -0.154. The first-order valence-electron chi connectivity index (χ1n) is 13.0. The normalized spacial score (nSPS) is 20.2. The van der Waals surface area contributed by atoms with E-state index in [1.807, 2.05) is 26.0 Å². The molecule has 9 heteroatoms. The molecule has 3 aromatic rings. The molecule has 1 aliphatic heterocycles. The highest BCUT2D eigenvalue weighted by atomic mass is 32.2. The fourth-order valence-electron chi connectivity index (χ4n) is 5.73. The summed E-state index contributed by atoms with van der Waals surface area (Å²) in [5.41, 5.74) is 1.38. The van der Waals surface area contributed by atoms with Crippen molar-refractivity contribution in [2.75, 3.05) is 11.4 Å². The number of ketones is 1. The maximum Gasteiger partial charge on any atom is 0.318 e. The third kappa shape index (κ3) is 4.43. The van der Waals surface area contributed by atoms with Crippen LogP contribution in [0.1, 0.15) is 63.9 Å². The Morgan fingerprint density at radius 2 is 1.78 bits per heavy atom. The lowest BCUT2D eigenvalue weighted by Crippen LogP contribution is -2.38. The average Bonchev–Trinajstić information content (AvgIpc) is 3.57. The molecule has 1 saturated heterocycles. The zero-order valence-corrected chi connectivity index (χ0v) is 22.3. The van der Waals surface area contributed by atoms with Gasteiger partial charge in [0, 0.05) is 13.0 Å². The number of nitrogens with zero attached hydrogens (tertiary/aromatic N) is 2. The van der Waals surface area contributed by atoms with Gasteiger partial charge in [-0.3, -0.25) is 13.9 Å². The number of sulfonamides is 1. The molecule has 1 N–H and O–H groups in total. The molecule has 5 rings (SSSR count). The monoisotopic (exact) mass is 523 g/mol. The molecule has 1 aromatic heterocycles. The number of hydrogen-bond acceptors (Lipinski definition) is 6. The van der Waals surface area contributed by atoms with Crippen LogP contribution in [-0.4, -0.2) is 42.8 Å². The van der Waals surface area contributed by atoms with Crippen LogP contribution in [0, 0.1) is 11.8 Å². The van der Waals surface area contributed by atoms with Gasteiger partial charge in [-0.2, -0.15) is 8.42 Å². The van der Waals surface area contributed by atoms with Gasteiger partial charge in [0.15, 0.2) is 11.4 Å². The fraction of sp³-hybridized carbons (Fsp3) is 0.464. The number of Topliss-reactive ketones (excluding diaryl/α,β-unsaturated/α-hetero) is 1. The standard InChI is InChI=1S/C28H33N3O5S/c1-4-15-28(16-5-2)25(32)24(26(33)36-28)23(18-13-14-18)19-9-8-10-20(17-19)31(3)37(34,35)27-29-21-11-6-7-12-22(21)30-27/h6-12,17-18,23-24H,4-5,13-16H2,1-3H3,(H,29,30). The third-order valence-electron chi connectivity index (χ3n) is 7.67. The van der Waals surface area contributed by atoms with Gasteiger partial charge < -0.3 is 9.72 Å². The maximum atomic E-state index is 13.7. The summed E-state index contributed by atoms with van der Waals surface area (Å²) in [5, 5.41) is -0.140. The number of aromatic nitrogens is 2. The topological polar surface area (TPSA) is 109 Å². The molecule has 1 aliphatic carbocycles. The van der Waals surface area contributed by atoms with Gasteiger partial charge in [0.05, 0.1) is 16.7 Å². The van der Waals surface area contributed by atoms with E-state index in [1.54, 1.807) is 36.4 Å². The Balaban J connectivity index is 1.48. The highest BCUT2D eigenvalue weighted by molar-refractivity contribution is 7.92. The van der Waals surface area contributed by atoms with Crippen LogP contribution in [0.3, 0.4) is 0 Å². The second-order valence-corrected chi connectivity index (χ2v) is 12.1. The number of imidazole rings is 1. The molecule has 2 aromatic carbocycles. The van der Waals surface area contributed by atoms with Crippen molar-refractivity contribution in [2.24, 2.45) is 11.8 Å². The van der Waals surface area contributed by atoms with Crippen LogP contribution >= 0.6 is 0 Å². The molecule has 0 spiro atoms. The molecule has 8 nitrogen and oxygen atoms in total. The number of rotatable bonds is 10. The number of nitrogens with one attached hydrogen (secondary N) is 1. The Bertz CT molecular complexity index is 1400. The first-order valence-corrected chi connectivity index (χ1v) is 14.5. The number of benzene rings is 2. The van der Waals surface area contributed by atoms with E-state index in [0.29, 0.717) is 29.6 Å². The maximum absolute atomic E-state index is 13.7. The highest BCUT2D eigenvalue weighted by Gasteiger charge is 2.58. The van der Waals surface area contributed by atoms with E-state index < -0.39 is 27.5 Å². The van der Waals surface area contributed by atoms with Gasteiger partial charge in [-0.15, -0.1) is 0 Å². The second-order valence-electron chi connectivity index (χ2n) is 10.2. The summed E-state index contributed by atoms with van der Waals surface area (Å²) in [5.74, 6) is -1.58. The molecule has 2 unspecified atom stereocenters. The minimum Gasteiger partial charge on any atom is -0.450 e. The predicted octanol–water partition coefficient (Wildman–Crippen LogP) is 4.96. The Hall–Kier alpha value is -3.20. The first-order chi connectivity index (χ1) is 17.7. The van der Waals surface area contributed by atoms with Crippen molar-refractivity contribution in [2.45, 2.75) is 69.0 Å². The quantitative estimate of drug-likeness (QED) is 0.297. The second kappa shape index (κ2) is 9.59. The molecule has 0 radical (unpaired) electrons. The van der Waals surface area contributed by atoms with Crippen molar-refractivity contribution in [3.05, 3.63) is 54.1 Å². The lowest BCUT2D eigenvalue weighted by Gasteiger charge is -2.26. The molecule has 2 heterocycles. The van der Waals surface area contributed by atoms with Crippen molar-refractivity contribution < 1.29 is 22.7 Å². The molecule has 0 amide bonds. The molecule has 2 aliphatic rings. The lowest BCUT2D eigenvalue weighted by atomic mass is 9.75. The van der Waals surface area contributed by atoms with Gasteiger partial charge in [-0.25, -0.2) is 4.98 Å². The number of anilines is 1. The summed E-state index contributed by atoms with van der Waals surface area (Å²) in [6.45, 7) is 3.98. The minimum absolute atomic E-state index is 0.119. The van der Waals surface area contributed by atoms with Crippen LogP contribution < -0.4 is 4.31 Å². The van der Waals surface area contributed by atoms with Crippen LogP contribution in [0.25, 0.3) is 11.0 Å². The number of esters is 1.